The van der Waals surface area contributed by atoms with Crippen molar-refractivity contribution in [2.75, 3.05) is 0 Å². The average Bonchev–Trinajstić information content (AvgIpc) is 3.00. The smallest absolute Gasteiger partial charge is 0.0761 e. The zero-order valence-electron chi connectivity index (χ0n) is 11.8. The van der Waals surface area contributed by atoms with Gasteiger partial charge in [0.05, 0.1) is 5.52 Å². The molecular formula is C17H17ClN2S. The Hall–Kier alpha value is -1.42. The van der Waals surface area contributed by atoms with Crippen LogP contribution in [0.4, 0.5) is 0 Å². The van der Waals surface area contributed by atoms with E-state index in [0.29, 0.717) is 6.04 Å². The number of pyridine rings is 1. The number of hydrogen-bond donors (Lipinski definition) is 1. The normalized spacial score (nSPS) is 12.7. The summed E-state index contributed by atoms with van der Waals surface area (Å²) in [7, 11) is 0. The second-order valence-electron chi connectivity index (χ2n) is 5.22. The molecule has 21 heavy (non-hydrogen) atoms. The van der Waals surface area contributed by atoms with Gasteiger partial charge in [-0.2, -0.15) is 11.3 Å². The van der Waals surface area contributed by atoms with Crippen molar-refractivity contribution in [3.8, 4) is 0 Å². The summed E-state index contributed by atoms with van der Waals surface area (Å²) in [4.78, 5) is 4.47. The number of benzene rings is 1. The first-order valence-corrected chi connectivity index (χ1v) is 8.32. The Morgan fingerprint density at radius 3 is 3.00 bits per heavy atom. The maximum absolute atomic E-state index is 6.23. The van der Waals surface area contributed by atoms with E-state index < -0.39 is 0 Å². The molecule has 0 aliphatic carbocycles. The summed E-state index contributed by atoms with van der Waals surface area (Å²) < 4.78 is 0. The van der Waals surface area contributed by atoms with Gasteiger partial charge in [-0.1, -0.05) is 17.7 Å². The van der Waals surface area contributed by atoms with Crippen LogP contribution in [-0.2, 0) is 13.0 Å². The summed E-state index contributed by atoms with van der Waals surface area (Å²) in [5.74, 6) is 0. The molecule has 0 bridgehead atoms. The maximum atomic E-state index is 6.23. The van der Waals surface area contributed by atoms with Gasteiger partial charge in [-0.05, 0) is 59.5 Å². The predicted molar refractivity (Wildman–Crippen MR) is 91.1 cm³/mol. The molecule has 1 atom stereocenters. The van der Waals surface area contributed by atoms with E-state index in [-0.39, 0.29) is 0 Å². The van der Waals surface area contributed by atoms with E-state index in [2.05, 4.69) is 40.1 Å². The fourth-order valence-corrected chi connectivity index (χ4v) is 3.35. The van der Waals surface area contributed by atoms with E-state index in [1.165, 1.54) is 11.1 Å². The average molecular weight is 317 g/mol. The van der Waals surface area contributed by atoms with Crippen LogP contribution in [0.15, 0.2) is 47.3 Å². The third-order valence-corrected chi connectivity index (χ3v) is 4.62. The Balaban J connectivity index is 1.72. The van der Waals surface area contributed by atoms with Crippen molar-refractivity contribution < 1.29 is 0 Å². The molecule has 1 N–H and O–H groups in total. The van der Waals surface area contributed by atoms with Gasteiger partial charge < -0.3 is 5.32 Å². The maximum Gasteiger partial charge on any atom is 0.0761 e. The lowest BCUT2D eigenvalue weighted by atomic mass is 10.1. The van der Waals surface area contributed by atoms with Crippen molar-refractivity contribution in [1.29, 1.82) is 0 Å². The van der Waals surface area contributed by atoms with Crippen LogP contribution in [0.1, 0.15) is 18.1 Å². The molecule has 1 unspecified atom stereocenters. The van der Waals surface area contributed by atoms with Crippen LogP contribution in [0.25, 0.3) is 10.9 Å². The molecule has 0 radical (unpaired) electrons. The molecule has 0 spiro atoms. The van der Waals surface area contributed by atoms with Crippen molar-refractivity contribution in [2.45, 2.75) is 25.9 Å². The van der Waals surface area contributed by atoms with Gasteiger partial charge in [0, 0.05) is 29.2 Å². The fourth-order valence-electron chi connectivity index (χ4n) is 2.46. The molecule has 4 heteroatoms. The van der Waals surface area contributed by atoms with E-state index in [1.807, 2.05) is 24.4 Å². The number of nitrogens with zero attached hydrogens (tertiary/aromatic N) is 1. The number of nitrogens with one attached hydrogen (secondary N) is 1. The Kier molecular flexibility index (Phi) is 4.54. The van der Waals surface area contributed by atoms with E-state index >= 15 is 0 Å². The number of rotatable bonds is 5. The number of aromatic nitrogens is 1. The van der Waals surface area contributed by atoms with E-state index in [0.717, 1.165) is 28.9 Å². The van der Waals surface area contributed by atoms with Gasteiger partial charge in [-0.25, -0.2) is 0 Å². The molecule has 0 aliphatic heterocycles. The highest BCUT2D eigenvalue weighted by atomic mass is 35.5. The fraction of sp³-hybridized carbons (Fsp3) is 0.235. The first kappa shape index (κ1) is 14.5. The highest BCUT2D eigenvalue weighted by molar-refractivity contribution is 7.07. The van der Waals surface area contributed by atoms with Crippen LogP contribution in [0.5, 0.6) is 0 Å². The van der Waals surface area contributed by atoms with Gasteiger partial charge in [-0.15, -0.1) is 0 Å². The first-order valence-electron chi connectivity index (χ1n) is 7.00. The molecule has 0 saturated carbocycles. The van der Waals surface area contributed by atoms with Gasteiger partial charge in [0.2, 0.25) is 0 Å². The van der Waals surface area contributed by atoms with Crippen LogP contribution in [-0.4, -0.2) is 11.0 Å². The van der Waals surface area contributed by atoms with E-state index in [9.17, 15) is 0 Å². The van der Waals surface area contributed by atoms with Crippen molar-refractivity contribution in [2.24, 2.45) is 0 Å². The van der Waals surface area contributed by atoms with Crippen molar-refractivity contribution >= 4 is 33.8 Å². The van der Waals surface area contributed by atoms with E-state index in [1.54, 1.807) is 11.3 Å². The summed E-state index contributed by atoms with van der Waals surface area (Å²) in [6.07, 6.45) is 2.86. The minimum Gasteiger partial charge on any atom is -0.310 e. The standard InChI is InChI=1S/C17H17ClN2S/c1-12(9-13-6-8-21-11-13)20-10-14-4-5-16(18)15-3-2-7-19-17(14)15/h2-8,11-12,20H,9-10H2,1H3. The lowest BCUT2D eigenvalue weighted by molar-refractivity contribution is 0.547. The monoisotopic (exact) mass is 316 g/mol. The van der Waals surface area contributed by atoms with Crippen molar-refractivity contribution in [3.63, 3.8) is 0 Å². The van der Waals surface area contributed by atoms with Crippen LogP contribution < -0.4 is 5.32 Å². The van der Waals surface area contributed by atoms with Crippen LogP contribution >= 0.6 is 22.9 Å². The molecule has 0 fully saturated rings. The molecular weight excluding hydrogens is 300 g/mol. The molecule has 2 heterocycles. The molecule has 3 aromatic rings. The first-order chi connectivity index (χ1) is 10.2. The number of halogens is 1. The molecule has 0 saturated heterocycles. The van der Waals surface area contributed by atoms with Crippen LogP contribution in [0, 0.1) is 0 Å². The largest absolute Gasteiger partial charge is 0.310 e. The molecule has 3 rings (SSSR count). The summed E-state index contributed by atoms with van der Waals surface area (Å²) in [5.41, 5.74) is 3.56. The van der Waals surface area contributed by atoms with E-state index in [4.69, 9.17) is 11.6 Å². The predicted octanol–water partition coefficient (Wildman–Crippen LogP) is 4.67. The molecule has 0 aliphatic rings. The molecule has 108 valence electrons. The lowest BCUT2D eigenvalue weighted by Gasteiger charge is -2.14. The zero-order valence-corrected chi connectivity index (χ0v) is 13.4. The summed E-state index contributed by atoms with van der Waals surface area (Å²) >= 11 is 7.97. The van der Waals surface area contributed by atoms with Gasteiger partial charge in [0.1, 0.15) is 0 Å². The third kappa shape index (κ3) is 3.43. The Labute approximate surface area is 133 Å². The van der Waals surface area contributed by atoms with Gasteiger partial charge >= 0.3 is 0 Å². The van der Waals surface area contributed by atoms with Crippen LogP contribution in [0.3, 0.4) is 0 Å². The van der Waals surface area contributed by atoms with Gasteiger partial charge in [0.15, 0.2) is 0 Å². The lowest BCUT2D eigenvalue weighted by Crippen LogP contribution is -2.27. The molecule has 1 aromatic carbocycles. The summed E-state index contributed by atoms with van der Waals surface area (Å²) in [6, 6.07) is 10.6. The minimum atomic E-state index is 0.425. The van der Waals surface area contributed by atoms with Crippen LogP contribution in [0.2, 0.25) is 5.02 Å². The Morgan fingerprint density at radius 2 is 2.19 bits per heavy atom. The second-order valence-corrected chi connectivity index (χ2v) is 6.41. The van der Waals surface area contributed by atoms with Crippen molar-refractivity contribution in [3.05, 3.63) is 63.4 Å². The number of fused-ring (bicyclic) bond motifs is 1. The second kappa shape index (κ2) is 6.56. The highest BCUT2D eigenvalue weighted by Crippen LogP contribution is 2.24. The topological polar surface area (TPSA) is 24.9 Å². The molecule has 2 aromatic heterocycles. The van der Waals surface area contributed by atoms with Crippen molar-refractivity contribution in [1.82, 2.24) is 10.3 Å². The van der Waals surface area contributed by atoms with Gasteiger partial charge in [-0.3, -0.25) is 4.98 Å². The third-order valence-electron chi connectivity index (χ3n) is 3.56. The summed E-state index contributed by atoms with van der Waals surface area (Å²) in [5, 5.41) is 9.67. The molecule has 0 amide bonds. The quantitative estimate of drug-likeness (QED) is 0.740. The Morgan fingerprint density at radius 1 is 1.29 bits per heavy atom. The highest BCUT2D eigenvalue weighted by Gasteiger charge is 2.08. The summed E-state index contributed by atoms with van der Waals surface area (Å²) in [6.45, 7) is 3.01. The van der Waals surface area contributed by atoms with Gasteiger partial charge in [0.25, 0.3) is 0 Å². The number of hydrogen-bond acceptors (Lipinski definition) is 3. The zero-order chi connectivity index (χ0) is 14.7. The Bertz CT molecular complexity index is 725. The number of thiophene rings is 1. The SMILES string of the molecule is CC(Cc1ccsc1)NCc1ccc(Cl)c2cccnc12. The minimum absolute atomic E-state index is 0.425. The molecule has 2 nitrogen and oxygen atoms in total.